The van der Waals surface area contributed by atoms with Crippen molar-refractivity contribution in [3.8, 4) is 0 Å². The van der Waals surface area contributed by atoms with E-state index in [4.69, 9.17) is 0 Å². The van der Waals surface area contributed by atoms with Crippen LogP contribution >= 0.6 is 0 Å². The number of nitrogens with one attached hydrogen (secondary N) is 1. The van der Waals surface area contributed by atoms with Crippen molar-refractivity contribution in [3.63, 3.8) is 0 Å². The first-order valence-corrected chi connectivity index (χ1v) is 7.72. The third-order valence-corrected chi connectivity index (χ3v) is 4.15. The van der Waals surface area contributed by atoms with E-state index in [0.717, 1.165) is 49.2 Å². The molecule has 0 aliphatic heterocycles. The quantitative estimate of drug-likeness (QED) is 0.845. The summed E-state index contributed by atoms with van der Waals surface area (Å²) in [5.74, 6) is 0.00755. The Labute approximate surface area is 125 Å². The number of aryl methyl sites for hydroxylation is 1. The van der Waals surface area contributed by atoms with Crippen LogP contribution in [0.5, 0.6) is 0 Å². The zero-order chi connectivity index (χ0) is 14.7. The summed E-state index contributed by atoms with van der Waals surface area (Å²) in [6, 6.07) is 9.69. The van der Waals surface area contributed by atoms with Crippen molar-refractivity contribution < 1.29 is 4.39 Å². The minimum absolute atomic E-state index is 0.102. The number of aromatic nitrogens is 1. The molecule has 1 heterocycles. The Bertz CT molecular complexity index is 624. The van der Waals surface area contributed by atoms with Gasteiger partial charge in [0.2, 0.25) is 0 Å². The number of benzene rings is 1. The van der Waals surface area contributed by atoms with Crippen molar-refractivity contribution in [1.29, 1.82) is 0 Å². The molecule has 1 atom stereocenters. The summed E-state index contributed by atoms with van der Waals surface area (Å²) in [5, 5.41) is 3.30. The van der Waals surface area contributed by atoms with Crippen LogP contribution in [0, 0.1) is 5.82 Å². The average Bonchev–Trinajstić information content (AvgIpc) is 2.92. The lowest BCUT2D eigenvalue weighted by Gasteiger charge is -2.13. The van der Waals surface area contributed by atoms with Crippen LogP contribution in [0.4, 0.5) is 4.39 Å². The van der Waals surface area contributed by atoms with Gasteiger partial charge in [0, 0.05) is 18.7 Å². The lowest BCUT2D eigenvalue weighted by Crippen LogP contribution is -2.14. The molecule has 0 saturated heterocycles. The van der Waals surface area contributed by atoms with Crippen LogP contribution in [0.15, 0.2) is 36.5 Å². The number of pyridine rings is 1. The maximum absolute atomic E-state index is 14.4. The van der Waals surface area contributed by atoms with Crippen molar-refractivity contribution in [2.24, 2.45) is 0 Å². The predicted molar refractivity (Wildman–Crippen MR) is 82.8 cm³/mol. The van der Waals surface area contributed by atoms with Gasteiger partial charge in [0.1, 0.15) is 5.82 Å². The average molecular weight is 284 g/mol. The number of fused-ring (bicyclic) bond motifs is 1. The highest BCUT2D eigenvalue weighted by atomic mass is 19.1. The highest BCUT2D eigenvalue weighted by molar-refractivity contribution is 5.39. The maximum atomic E-state index is 14.4. The molecule has 1 aromatic carbocycles. The Morgan fingerprint density at radius 1 is 1.33 bits per heavy atom. The zero-order valence-electron chi connectivity index (χ0n) is 12.4. The lowest BCUT2D eigenvalue weighted by molar-refractivity contribution is 0.587. The summed E-state index contributed by atoms with van der Waals surface area (Å²) in [7, 11) is 0. The van der Waals surface area contributed by atoms with E-state index in [1.165, 1.54) is 5.56 Å². The van der Waals surface area contributed by atoms with E-state index in [2.05, 4.69) is 23.3 Å². The first-order valence-electron chi connectivity index (χ1n) is 7.72. The summed E-state index contributed by atoms with van der Waals surface area (Å²) in [6.07, 6.45) is 4.84. The molecule has 0 fully saturated rings. The molecule has 3 heteroatoms. The fourth-order valence-electron chi connectivity index (χ4n) is 3.09. The first-order chi connectivity index (χ1) is 10.3. The molecule has 1 aliphatic carbocycles. The van der Waals surface area contributed by atoms with E-state index in [1.807, 2.05) is 18.2 Å². The van der Waals surface area contributed by atoms with Gasteiger partial charge in [0.25, 0.3) is 0 Å². The molecule has 1 N–H and O–H groups in total. The first kappa shape index (κ1) is 14.2. The van der Waals surface area contributed by atoms with Crippen molar-refractivity contribution in [3.05, 3.63) is 64.7 Å². The molecular weight excluding hydrogens is 263 g/mol. The minimum atomic E-state index is -0.102. The summed E-state index contributed by atoms with van der Waals surface area (Å²) < 4.78 is 14.4. The zero-order valence-corrected chi connectivity index (χ0v) is 12.4. The fourth-order valence-corrected chi connectivity index (χ4v) is 3.09. The van der Waals surface area contributed by atoms with Gasteiger partial charge in [0.05, 0.1) is 5.69 Å². The third kappa shape index (κ3) is 2.98. The van der Waals surface area contributed by atoms with E-state index in [0.29, 0.717) is 0 Å². The van der Waals surface area contributed by atoms with Crippen LogP contribution < -0.4 is 5.32 Å². The van der Waals surface area contributed by atoms with Crippen molar-refractivity contribution in [2.45, 2.75) is 38.6 Å². The summed E-state index contributed by atoms with van der Waals surface area (Å²) in [4.78, 5) is 4.46. The molecule has 0 spiro atoms. The molecule has 1 aliphatic rings. The van der Waals surface area contributed by atoms with E-state index in [-0.39, 0.29) is 11.7 Å². The largest absolute Gasteiger partial charge is 0.313 e. The molecule has 2 nitrogen and oxygen atoms in total. The Hall–Kier alpha value is -1.74. The highest BCUT2D eigenvalue weighted by Crippen LogP contribution is 2.37. The molecule has 3 rings (SSSR count). The number of nitrogens with zero attached hydrogens (tertiary/aromatic N) is 1. The molecule has 21 heavy (non-hydrogen) atoms. The van der Waals surface area contributed by atoms with E-state index < -0.39 is 0 Å². The van der Waals surface area contributed by atoms with Crippen LogP contribution in [0.1, 0.15) is 48.1 Å². The molecule has 1 unspecified atom stereocenters. The number of halogens is 1. The Morgan fingerprint density at radius 2 is 2.24 bits per heavy atom. The number of hydrogen-bond donors (Lipinski definition) is 1. The van der Waals surface area contributed by atoms with Gasteiger partial charge in [-0.25, -0.2) is 4.39 Å². The minimum Gasteiger partial charge on any atom is -0.313 e. The molecular formula is C18H21FN2. The van der Waals surface area contributed by atoms with E-state index >= 15 is 0 Å². The van der Waals surface area contributed by atoms with E-state index in [9.17, 15) is 4.39 Å². The second kappa shape index (κ2) is 6.35. The summed E-state index contributed by atoms with van der Waals surface area (Å²) >= 11 is 0. The van der Waals surface area contributed by atoms with Crippen molar-refractivity contribution in [1.82, 2.24) is 10.3 Å². The smallest absolute Gasteiger partial charge is 0.127 e. The highest BCUT2D eigenvalue weighted by Gasteiger charge is 2.27. The fraction of sp³-hybridized carbons (Fsp3) is 0.389. The second-order valence-electron chi connectivity index (χ2n) is 5.67. The third-order valence-electron chi connectivity index (χ3n) is 4.15. The number of rotatable bonds is 5. The van der Waals surface area contributed by atoms with Crippen LogP contribution in [0.2, 0.25) is 0 Å². The second-order valence-corrected chi connectivity index (χ2v) is 5.67. The summed E-state index contributed by atoms with van der Waals surface area (Å²) in [5.41, 5.74) is 4.10. The Morgan fingerprint density at radius 3 is 3.05 bits per heavy atom. The lowest BCUT2D eigenvalue weighted by atomic mass is 9.95. The van der Waals surface area contributed by atoms with Crippen LogP contribution in [-0.4, -0.2) is 11.5 Å². The SMILES string of the molecule is CCCNCc1ccc(C2CCc3cccnc32)c(F)c1. The van der Waals surface area contributed by atoms with Gasteiger partial charge in [-0.15, -0.1) is 0 Å². The van der Waals surface area contributed by atoms with Gasteiger partial charge in [-0.3, -0.25) is 4.98 Å². The van der Waals surface area contributed by atoms with E-state index in [1.54, 1.807) is 12.3 Å². The summed E-state index contributed by atoms with van der Waals surface area (Å²) in [6.45, 7) is 3.81. The van der Waals surface area contributed by atoms with Gasteiger partial charge in [-0.1, -0.05) is 25.1 Å². The van der Waals surface area contributed by atoms with Crippen LogP contribution in [0.25, 0.3) is 0 Å². The Balaban J connectivity index is 1.81. The van der Waals surface area contributed by atoms with Crippen LogP contribution in [0.3, 0.4) is 0 Å². The molecule has 1 aromatic heterocycles. The van der Waals surface area contributed by atoms with Gasteiger partial charge >= 0.3 is 0 Å². The van der Waals surface area contributed by atoms with Crippen LogP contribution in [-0.2, 0) is 13.0 Å². The Kier molecular flexibility index (Phi) is 4.30. The molecule has 2 aromatic rings. The number of hydrogen-bond acceptors (Lipinski definition) is 2. The maximum Gasteiger partial charge on any atom is 0.127 e. The normalized spacial score (nSPS) is 17.0. The molecule has 0 saturated carbocycles. The van der Waals surface area contributed by atoms with Gasteiger partial charge in [-0.2, -0.15) is 0 Å². The van der Waals surface area contributed by atoms with Crippen molar-refractivity contribution >= 4 is 0 Å². The standard InChI is InChI=1S/C18H21FN2/c1-2-9-20-12-13-5-7-15(17(19)11-13)16-8-6-14-4-3-10-21-18(14)16/h3-5,7,10-11,16,20H,2,6,8-9,12H2,1H3. The van der Waals surface area contributed by atoms with Crippen molar-refractivity contribution in [2.75, 3.05) is 6.54 Å². The van der Waals surface area contributed by atoms with Gasteiger partial charge < -0.3 is 5.32 Å². The monoisotopic (exact) mass is 284 g/mol. The molecule has 0 bridgehead atoms. The predicted octanol–water partition coefficient (Wildman–Crippen LogP) is 3.80. The molecule has 0 amide bonds. The topological polar surface area (TPSA) is 24.9 Å². The molecule has 110 valence electrons. The molecule has 0 radical (unpaired) electrons. The van der Waals surface area contributed by atoms with Gasteiger partial charge in [0.15, 0.2) is 0 Å². The van der Waals surface area contributed by atoms with Gasteiger partial charge in [-0.05, 0) is 54.6 Å².